The van der Waals surface area contributed by atoms with Gasteiger partial charge in [-0.15, -0.1) is 23.5 Å². The van der Waals surface area contributed by atoms with Crippen LogP contribution in [-0.4, -0.2) is 30.0 Å². The third-order valence-corrected chi connectivity index (χ3v) is 6.83. The quantitative estimate of drug-likeness (QED) is 0.425. The van der Waals surface area contributed by atoms with Crippen LogP contribution in [0.4, 0.5) is 13.2 Å². The van der Waals surface area contributed by atoms with E-state index in [0.717, 1.165) is 17.9 Å². The number of hydrogen-bond donors (Lipinski definition) is 0. The van der Waals surface area contributed by atoms with Crippen LogP contribution in [-0.2, 0) is 14.3 Å². The van der Waals surface area contributed by atoms with Gasteiger partial charge in [0.05, 0.1) is 4.58 Å². The van der Waals surface area contributed by atoms with Crippen molar-refractivity contribution in [2.45, 2.75) is 22.9 Å². The smallest absolute Gasteiger partial charge is 0.380 e. The number of thioether (sulfide) groups is 2. The minimum Gasteiger partial charge on any atom is -0.380 e. The monoisotopic (exact) mass is 384 g/mol. The molecule has 1 aromatic carbocycles. The number of alkyl halides is 3. The summed E-state index contributed by atoms with van der Waals surface area (Å²) in [6.07, 6.45) is 2.50. The summed E-state index contributed by atoms with van der Waals surface area (Å²) in [5.74, 6) is 1.62. The topological polar surface area (TPSA) is 43.4 Å². The lowest BCUT2D eigenvalue weighted by atomic mass is 10.2. The Kier molecular flexibility index (Phi) is 6.33. The van der Waals surface area contributed by atoms with Crippen molar-refractivity contribution in [3.63, 3.8) is 0 Å². The average molecular weight is 384 g/mol. The molecule has 1 aliphatic heterocycles. The van der Waals surface area contributed by atoms with E-state index < -0.39 is 15.6 Å². The Bertz CT molecular complexity index is 636. The molecule has 0 spiro atoms. The zero-order valence-electron chi connectivity index (χ0n) is 12.0. The Morgan fingerprint density at radius 3 is 2.39 bits per heavy atom. The summed E-state index contributed by atoms with van der Waals surface area (Å²) in [5.41, 5.74) is -4.85. The minimum absolute atomic E-state index is 0.0119. The third-order valence-electron chi connectivity index (χ3n) is 2.89. The van der Waals surface area contributed by atoms with E-state index in [9.17, 15) is 21.6 Å². The number of benzene rings is 1. The van der Waals surface area contributed by atoms with Crippen LogP contribution < -0.4 is 0 Å². The third kappa shape index (κ3) is 5.65. The highest BCUT2D eigenvalue weighted by atomic mass is 32.2. The summed E-state index contributed by atoms with van der Waals surface area (Å²) >= 11 is 3.20. The predicted octanol–water partition coefficient (Wildman–Crippen LogP) is 4.48. The van der Waals surface area contributed by atoms with Crippen LogP contribution in [0, 0.1) is 0 Å². The van der Waals surface area contributed by atoms with Crippen LogP contribution in [0.3, 0.4) is 0 Å². The molecule has 23 heavy (non-hydrogen) atoms. The molecule has 0 aliphatic carbocycles. The average Bonchev–Trinajstić information content (AvgIpc) is 2.47. The normalized spacial score (nSPS) is 18.0. The molecule has 0 amide bonds. The molecule has 128 valence electrons. The molecule has 0 bridgehead atoms. The first-order valence-electron chi connectivity index (χ1n) is 6.77. The van der Waals surface area contributed by atoms with E-state index in [1.807, 2.05) is 0 Å². The second-order valence-corrected chi connectivity index (χ2v) is 9.19. The van der Waals surface area contributed by atoms with Crippen molar-refractivity contribution in [1.82, 2.24) is 0 Å². The van der Waals surface area contributed by atoms with Gasteiger partial charge in [0.1, 0.15) is 5.76 Å². The van der Waals surface area contributed by atoms with E-state index >= 15 is 0 Å². The highest BCUT2D eigenvalue weighted by molar-refractivity contribution is 8.17. The number of allylic oxidation sites excluding steroid dienone is 1. The Balaban J connectivity index is 2.22. The Hall–Kier alpha value is -0.800. The number of hydrogen-bond acceptors (Lipinski definition) is 5. The lowest BCUT2D eigenvalue weighted by molar-refractivity contribution is -0.0522. The first kappa shape index (κ1) is 18.5. The van der Waals surface area contributed by atoms with Crippen molar-refractivity contribution in [3.05, 3.63) is 41.7 Å². The summed E-state index contributed by atoms with van der Waals surface area (Å²) in [5, 5.41) is 0. The molecule has 0 aromatic heterocycles. The maximum absolute atomic E-state index is 12.6. The molecule has 0 saturated carbocycles. The van der Waals surface area contributed by atoms with Gasteiger partial charge < -0.3 is 4.18 Å². The van der Waals surface area contributed by atoms with E-state index in [1.165, 1.54) is 6.08 Å². The fourth-order valence-electron chi connectivity index (χ4n) is 1.86. The lowest BCUT2D eigenvalue weighted by Crippen LogP contribution is -2.26. The first-order chi connectivity index (χ1) is 10.8. The fourth-order valence-corrected chi connectivity index (χ4v) is 5.21. The summed E-state index contributed by atoms with van der Waals surface area (Å²) in [6.45, 7) is 0. The van der Waals surface area contributed by atoms with Crippen molar-refractivity contribution >= 4 is 39.7 Å². The highest BCUT2D eigenvalue weighted by Crippen LogP contribution is 2.37. The SMILES string of the molecule is O=S(=O)(O/C(=C\c1ccccc1)CC1SCCCS1)C(F)(F)F. The summed E-state index contributed by atoms with van der Waals surface area (Å²) in [4.78, 5) is 0. The molecule has 1 fully saturated rings. The van der Waals surface area contributed by atoms with E-state index in [0.29, 0.717) is 5.56 Å². The molecular formula is C14H15F3O3S3. The van der Waals surface area contributed by atoms with Crippen molar-refractivity contribution in [3.8, 4) is 0 Å². The Morgan fingerprint density at radius 2 is 1.83 bits per heavy atom. The van der Waals surface area contributed by atoms with Crippen LogP contribution >= 0.6 is 23.5 Å². The molecule has 0 atom stereocenters. The van der Waals surface area contributed by atoms with Gasteiger partial charge in [-0.25, -0.2) is 0 Å². The fraction of sp³-hybridized carbons (Fsp3) is 0.429. The van der Waals surface area contributed by atoms with Crippen molar-refractivity contribution in [1.29, 1.82) is 0 Å². The predicted molar refractivity (Wildman–Crippen MR) is 88.4 cm³/mol. The zero-order valence-corrected chi connectivity index (χ0v) is 14.4. The first-order valence-corrected chi connectivity index (χ1v) is 10.3. The van der Waals surface area contributed by atoms with E-state index in [-0.39, 0.29) is 16.8 Å². The van der Waals surface area contributed by atoms with Crippen LogP contribution in [0.15, 0.2) is 36.1 Å². The molecule has 1 saturated heterocycles. The standard InChI is InChI=1S/C14H15F3O3S3/c15-14(16,17)23(18,19)20-12(9-11-5-2-1-3-6-11)10-13-21-7-4-8-22-13/h1-3,5-6,9,13H,4,7-8,10H2/b12-9-. The van der Waals surface area contributed by atoms with Gasteiger partial charge in [0.25, 0.3) is 0 Å². The molecule has 1 aliphatic rings. The van der Waals surface area contributed by atoms with Crippen LogP contribution in [0.25, 0.3) is 6.08 Å². The molecule has 3 nitrogen and oxygen atoms in total. The Morgan fingerprint density at radius 1 is 1.22 bits per heavy atom. The number of rotatable bonds is 5. The van der Waals surface area contributed by atoms with E-state index in [2.05, 4.69) is 4.18 Å². The van der Waals surface area contributed by atoms with E-state index in [1.54, 1.807) is 53.9 Å². The van der Waals surface area contributed by atoms with Gasteiger partial charge in [-0.2, -0.15) is 21.6 Å². The second-order valence-electron chi connectivity index (χ2n) is 4.73. The van der Waals surface area contributed by atoms with Crippen LogP contribution in [0.1, 0.15) is 18.4 Å². The van der Waals surface area contributed by atoms with Gasteiger partial charge in [-0.05, 0) is 29.6 Å². The number of halogens is 3. The van der Waals surface area contributed by atoms with Gasteiger partial charge in [-0.1, -0.05) is 30.3 Å². The Labute approximate surface area is 141 Å². The van der Waals surface area contributed by atoms with Crippen LogP contribution in [0.2, 0.25) is 0 Å². The second kappa shape index (κ2) is 7.85. The van der Waals surface area contributed by atoms with Gasteiger partial charge in [-0.3, -0.25) is 0 Å². The van der Waals surface area contributed by atoms with Gasteiger partial charge in [0, 0.05) is 6.42 Å². The summed E-state index contributed by atoms with van der Waals surface area (Å²) in [7, 11) is -5.65. The minimum atomic E-state index is -5.65. The maximum Gasteiger partial charge on any atom is 0.534 e. The molecular weight excluding hydrogens is 369 g/mol. The summed E-state index contributed by atoms with van der Waals surface area (Å²) < 4.78 is 64.6. The molecule has 0 unspecified atom stereocenters. The summed E-state index contributed by atoms with van der Waals surface area (Å²) in [6, 6.07) is 8.53. The van der Waals surface area contributed by atoms with Gasteiger partial charge >= 0.3 is 15.6 Å². The lowest BCUT2D eigenvalue weighted by Gasteiger charge is -2.22. The van der Waals surface area contributed by atoms with Crippen LogP contribution in [0.5, 0.6) is 0 Å². The maximum atomic E-state index is 12.6. The van der Waals surface area contributed by atoms with Crippen molar-refractivity contribution in [2.75, 3.05) is 11.5 Å². The largest absolute Gasteiger partial charge is 0.534 e. The highest BCUT2D eigenvalue weighted by Gasteiger charge is 2.49. The molecule has 0 radical (unpaired) electrons. The molecule has 1 heterocycles. The molecule has 2 rings (SSSR count). The van der Waals surface area contributed by atoms with Crippen molar-refractivity contribution < 1.29 is 25.8 Å². The van der Waals surface area contributed by atoms with E-state index in [4.69, 9.17) is 0 Å². The van der Waals surface area contributed by atoms with Crippen molar-refractivity contribution in [2.24, 2.45) is 0 Å². The van der Waals surface area contributed by atoms with Gasteiger partial charge in [0.2, 0.25) is 0 Å². The molecule has 1 aromatic rings. The zero-order chi connectivity index (χ0) is 16.9. The van der Waals surface area contributed by atoms with Gasteiger partial charge in [0.15, 0.2) is 0 Å². The molecule has 9 heteroatoms. The molecule has 0 N–H and O–H groups in total.